The van der Waals surface area contributed by atoms with E-state index < -0.39 is 53.6 Å². The van der Waals surface area contributed by atoms with Crippen molar-refractivity contribution in [3.63, 3.8) is 0 Å². The summed E-state index contributed by atoms with van der Waals surface area (Å²) >= 11 is 0. The van der Waals surface area contributed by atoms with Gasteiger partial charge < -0.3 is 25.4 Å². The van der Waals surface area contributed by atoms with E-state index in [1.165, 1.54) is 0 Å². The minimum atomic E-state index is -4.91. The molecule has 0 aromatic carbocycles. The smallest absolute Gasteiger partial charge is 0.394 e. The Morgan fingerprint density at radius 1 is 1.42 bits per heavy atom. The highest BCUT2D eigenvalue weighted by Crippen LogP contribution is 2.23. The first kappa shape index (κ1) is 16.2. The highest BCUT2D eigenvalue weighted by molar-refractivity contribution is 7.80. The summed E-state index contributed by atoms with van der Waals surface area (Å²) in [6.45, 7) is 0.331. The molecule has 1 aliphatic heterocycles. The van der Waals surface area contributed by atoms with Gasteiger partial charge in [0.1, 0.15) is 24.4 Å². The van der Waals surface area contributed by atoms with Crippen molar-refractivity contribution >= 4 is 16.3 Å². The molecule has 0 aliphatic carbocycles. The number of carbonyl (C=O) groups is 1. The summed E-state index contributed by atoms with van der Waals surface area (Å²) in [5.74, 6) is -0.611. The molecule has 1 amide bonds. The first-order chi connectivity index (χ1) is 8.65. The average molecular weight is 301 g/mol. The Balaban J connectivity index is 2.94. The van der Waals surface area contributed by atoms with E-state index in [2.05, 4.69) is 9.50 Å². The van der Waals surface area contributed by atoms with Gasteiger partial charge in [-0.05, 0) is 0 Å². The summed E-state index contributed by atoms with van der Waals surface area (Å²) in [7, 11) is -4.91. The van der Waals surface area contributed by atoms with Crippen LogP contribution in [0.1, 0.15) is 6.92 Å². The molecule has 112 valence electrons. The predicted octanol–water partition coefficient (Wildman–Crippen LogP) is -3.25. The largest absolute Gasteiger partial charge is 0.397 e. The van der Waals surface area contributed by atoms with Crippen molar-refractivity contribution in [1.82, 2.24) is 5.32 Å². The number of carbonyl (C=O) groups excluding carboxylic acids is 1. The lowest BCUT2D eigenvalue weighted by molar-refractivity contribution is -0.248. The molecule has 1 saturated heterocycles. The van der Waals surface area contributed by atoms with Crippen molar-refractivity contribution in [3.05, 3.63) is 0 Å². The van der Waals surface area contributed by atoms with Gasteiger partial charge >= 0.3 is 10.4 Å². The average Bonchev–Trinajstić information content (AvgIpc) is 2.26. The van der Waals surface area contributed by atoms with Gasteiger partial charge in [-0.2, -0.15) is 8.42 Å². The van der Waals surface area contributed by atoms with Gasteiger partial charge in [0, 0.05) is 6.92 Å². The fraction of sp³-hybridized carbons (Fsp3) is 0.875. The highest BCUT2D eigenvalue weighted by Gasteiger charge is 2.47. The van der Waals surface area contributed by atoms with E-state index in [0.717, 1.165) is 6.92 Å². The van der Waals surface area contributed by atoms with Crippen LogP contribution in [0.15, 0.2) is 0 Å². The highest BCUT2D eigenvalue weighted by atomic mass is 32.3. The third kappa shape index (κ3) is 4.35. The lowest BCUT2D eigenvalue weighted by atomic mass is 9.97. The predicted molar refractivity (Wildman–Crippen MR) is 58.0 cm³/mol. The molecule has 3 unspecified atom stereocenters. The number of hydrogen-bond donors (Lipinski definition) is 5. The maximum atomic E-state index is 10.9. The molecule has 5 N–H and O–H groups in total. The van der Waals surface area contributed by atoms with Crippen molar-refractivity contribution in [3.8, 4) is 0 Å². The van der Waals surface area contributed by atoms with Gasteiger partial charge in [-0.15, -0.1) is 0 Å². The number of aliphatic hydroxyl groups is 3. The van der Waals surface area contributed by atoms with E-state index in [1.54, 1.807) is 0 Å². The molecule has 0 aromatic rings. The molecule has 10 nitrogen and oxygen atoms in total. The maximum absolute atomic E-state index is 10.9. The Hall–Kier alpha value is -0.820. The van der Waals surface area contributed by atoms with E-state index >= 15 is 0 Å². The number of amides is 1. The summed E-state index contributed by atoms with van der Waals surface area (Å²) in [4.78, 5) is 10.9. The van der Waals surface area contributed by atoms with E-state index in [1.807, 2.05) is 0 Å². The SMILES string of the molecule is CC(=O)NC1[C@H](O)C(OS(=O)(=O)O)C(CO)O[C@H]1O. The third-order valence-electron chi connectivity index (χ3n) is 2.47. The van der Waals surface area contributed by atoms with Crippen LogP contribution in [0.4, 0.5) is 0 Å². The van der Waals surface area contributed by atoms with Crippen molar-refractivity contribution in [2.24, 2.45) is 0 Å². The zero-order chi connectivity index (χ0) is 14.8. The van der Waals surface area contributed by atoms with Crippen molar-refractivity contribution in [2.45, 2.75) is 37.6 Å². The van der Waals surface area contributed by atoms with Crippen LogP contribution in [0, 0.1) is 0 Å². The molecular formula is C8H15NO9S. The Morgan fingerprint density at radius 2 is 2.00 bits per heavy atom. The molecule has 1 fully saturated rings. The van der Waals surface area contributed by atoms with E-state index in [4.69, 9.17) is 14.4 Å². The first-order valence-electron chi connectivity index (χ1n) is 5.21. The lowest BCUT2D eigenvalue weighted by Gasteiger charge is -2.41. The number of rotatable bonds is 4. The third-order valence-corrected chi connectivity index (χ3v) is 2.94. The van der Waals surface area contributed by atoms with E-state index in [0.29, 0.717) is 0 Å². The summed E-state index contributed by atoms with van der Waals surface area (Å²) in [6.07, 6.45) is -6.46. The van der Waals surface area contributed by atoms with Gasteiger partial charge in [-0.25, -0.2) is 4.18 Å². The van der Waals surface area contributed by atoms with Crippen LogP contribution in [0.3, 0.4) is 0 Å². The normalized spacial score (nSPS) is 35.9. The van der Waals surface area contributed by atoms with Gasteiger partial charge in [0.25, 0.3) is 0 Å². The van der Waals surface area contributed by atoms with Crippen LogP contribution >= 0.6 is 0 Å². The fourth-order valence-electron chi connectivity index (χ4n) is 1.73. The van der Waals surface area contributed by atoms with Gasteiger partial charge in [0.05, 0.1) is 6.61 Å². The lowest BCUT2D eigenvalue weighted by Crippen LogP contribution is -2.64. The Morgan fingerprint density at radius 3 is 2.42 bits per heavy atom. The minimum Gasteiger partial charge on any atom is -0.394 e. The second kappa shape index (κ2) is 6.09. The Kier molecular flexibility index (Phi) is 5.20. The van der Waals surface area contributed by atoms with Gasteiger partial charge in [0.15, 0.2) is 6.29 Å². The number of nitrogens with one attached hydrogen (secondary N) is 1. The van der Waals surface area contributed by atoms with Crippen LogP contribution in [-0.4, -0.2) is 71.4 Å². The van der Waals surface area contributed by atoms with E-state index in [-0.39, 0.29) is 0 Å². The van der Waals surface area contributed by atoms with Gasteiger partial charge in [-0.1, -0.05) is 0 Å². The van der Waals surface area contributed by atoms with Gasteiger partial charge in [-0.3, -0.25) is 9.35 Å². The molecule has 0 bridgehead atoms. The number of hydrogen-bond acceptors (Lipinski definition) is 8. The summed E-state index contributed by atoms with van der Waals surface area (Å²) < 4.78 is 38.9. The van der Waals surface area contributed by atoms with Crippen molar-refractivity contribution < 1.29 is 42.0 Å². The fourth-order valence-corrected chi connectivity index (χ4v) is 2.25. The van der Waals surface area contributed by atoms with E-state index in [9.17, 15) is 23.4 Å². The minimum absolute atomic E-state index is 0.611. The molecule has 19 heavy (non-hydrogen) atoms. The Bertz CT molecular complexity index is 424. The van der Waals surface area contributed by atoms with Crippen molar-refractivity contribution in [1.29, 1.82) is 0 Å². The molecular weight excluding hydrogens is 286 g/mol. The topological polar surface area (TPSA) is 163 Å². The number of aliphatic hydroxyl groups excluding tert-OH is 3. The molecule has 1 aliphatic rings. The summed E-state index contributed by atoms with van der Waals surface area (Å²) in [6, 6.07) is -1.37. The zero-order valence-electron chi connectivity index (χ0n) is 9.83. The molecule has 11 heteroatoms. The second-order valence-corrected chi connectivity index (χ2v) is 5.00. The molecule has 0 aromatic heterocycles. The van der Waals surface area contributed by atoms with Crippen LogP contribution in [0.5, 0.6) is 0 Å². The second-order valence-electron chi connectivity index (χ2n) is 3.95. The standard InChI is InChI=1S/C8H15NO9S/c1-3(11)9-5-6(12)7(18-19(14,15)16)4(2-10)17-8(5)13/h4-8,10,12-13H,2H2,1H3,(H,9,11)(H,14,15,16)/t4?,5?,6-,7?,8+/m0/s1. The molecule has 0 saturated carbocycles. The first-order valence-corrected chi connectivity index (χ1v) is 6.57. The molecule has 5 atom stereocenters. The monoisotopic (exact) mass is 301 g/mol. The van der Waals surface area contributed by atoms with Crippen LogP contribution < -0.4 is 5.32 Å². The van der Waals surface area contributed by atoms with Crippen LogP contribution in [0.25, 0.3) is 0 Å². The molecule has 0 radical (unpaired) electrons. The quantitative estimate of drug-likeness (QED) is 0.335. The maximum Gasteiger partial charge on any atom is 0.397 e. The molecule has 0 spiro atoms. The summed E-state index contributed by atoms with van der Waals surface area (Å²) in [5.41, 5.74) is 0. The van der Waals surface area contributed by atoms with Gasteiger partial charge in [0.2, 0.25) is 5.91 Å². The molecule has 1 rings (SSSR count). The van der Waals surface area contributed by atoms with Crippen LogP contribution in [-0.2, 0) is 24.1 Å². The number of ether oxygens (including phenoxy) is 1. The Labute approximate surface area is 108 Å². The molecule has 1 heterocycles. The zero-order valence-corrected chi connectivity index (χ0v) is 10.6. The van der Waals surface area contributed by atoms with Crippen LogP contribution in [0.2, 0.25) is 0 Å². The summed E-state index contributed by atoms with van der Waals surface area (Å²) in [5, 5.41) is 30.5. The van der Waals surface area contributed by atoms with Crippen molar-refractivity contribution in [2.75, 3.05) is 6.61 Å².